The van der Waals surface area contributed by atoms with Crippen molar-refractivity contribution in [2.24, 2.45) is 0 Å². The van der Waals surface area contributed by atoms with E-state index in [0.29, 0.717) is 27.2 Å². The highest BCUT2D eigenvalue weighted by atomic mass is 32.1. The SMILES string of the molecule is Cc1c(C(=O)O)sc2nc(-c3ccccc3)n(Cc3cccc(F)c3)c(=O)c12. The van der Waals surface area contributed by atoms with E-state index in [1.807, 2.05) is 30.3 Å². The summed E-state index contributed by atoms with van der Waals surface area (Å²) in [7, 11) is 0. The molecule has 1 N–H and O–H groups in total. The van der Waals surface area contributed by atoms with Crippen LogP contribution in [0.3, 0.4) is 0 Å². The van der Waals surface area contributed by atoms with Crippen LogP contribution in [0.15, 0.2) is 59.4 Å². The molecule has 2 aromatic heterocycles. The van der Waals surface area contributed by atoms with Crippen LogP contribution in [0.4, 0.5) is 4.39 Å². The number of fused-ring (bicyclic) bond motifs is 1. The molecule has 0 saturated carbocycles. The van der Waals surface area contributed by atoms with Crippen molar-refractivity contribution in [3.05, 3.63) is 86.8 Å². The van der Waals surface area contributed by atoms with Gasteiger partial charge in [-0.1, -0.05) is 42.5 Å². The minimum atomic E-state index is -1.09. The molecule has 4 aromatic rings. The number of aromatic nitrogens is 2. The van der Waals surface area contributed by atoms with Gasteiger partial charge in [0.15, 0.2) is 0 Å². The van der Waals surface area contributed by atoms with Crippen molar-refractivity contribution in [3.63, 3.8) is 0 Å². The molecule has 0 atom stereocenters. The van der Waals surface area contributed by atoms with Gasteiger partial charge in [0.25, 0.3) is 5.56 Å². The third-order valence-electron chi connectivity index (χ3n) is 4.51. The monoisotopic (exact) mass is 394 g/mol. The number of nitrogens with zero attached hydrogens (tertiary/aromatic N) is 2. The normalized spacial score (nSPS) is 11.1. The molecule has 7 heteroatoms. The van der Waals surface area contributed by atoms with Gasteiger partial charge in [0, 0.05) is 5.56 Å². The quantitative estimate of drug-likeness (QED) is 0.560. The van der Waals surface area contributed by atoms with Gasteiger partial charge in [-0.3, -0.25) is 9.36 Å². The Hall–Kier alpha value is -3.32. The van der Waals surface area contributed by atoms with E-state index < -0.39 is 5.97 Å². The van der Waals surface area contributed by atoms with Crippen LogP contribution in [0.5, 0.6) is 0 Å². The topological polar surface area (TPSA) is 72.2 Å². The van der Waals surface area contributed by atoms with Crippen molar-refractivity contribution in [2.45, 2.75) is 13.5 Å². The number of hydrogen-bond acceptors (Lipinski definition) is 4. The van der Waals surface area contributed by atoms with E-state index >= 15 is 0 Å². The first-order valence-corrected chi connectivity index (χ1v) is 9.34. The Morgan fingerprint density at radius 3 is 2.61 bits per heavy atom. The first-order valence-electron chi connectivity index (χ1n) is 8.53. The van der Waals surface area contributed by atoms with E-state index in [9.17, 15) is 19.1 Å². The van der Waals surface area contributed by atoms with E-state index in [2.05, 4.69) is 4.98 Å². The van der Waals surface area contributed by atoms with Crippen LogP contribution in [0.25, 0.3) is 21.6 Å². The van der Waals surface area contributed by atoms with Crippen LogP contribution in [-0.4, -0.2) is 20.6 Å². The van der Waals surface area contributed by atoms with Crippen molar-refractivity contribution in [3.8, 4) is 11.4 Å². The Labute approximate surface area is 163 Å². The zero-order valence-corrected chi connectivity index (χ0v) is 15.7. The molecule has 0 aliphatic rings. The average Bonchev–Trinajstić information content (AvgIpc) is 3.01. The van der Waals surface area contributed by atoms with Crippen LogP contribution in [0.1, 0.15) is 20.8 Å². The first kappa shape index (κ1) is 18.1. The first-order chi connectivity index (χ1) is 13.5. The molecule has 0 fully saturated rings. The third-order valence-corrected chi connectivity index (χ3v) is 5.68. The Morgan fingerprint density at radius 1 is 1.18 bits per heavy atom. The fraction of sp³-hybridized carbons (Fsp3) is 0.0952. The van der Waals surface area contributed by atoms with Crippen molar-refractivity contribution in [2.75, 3.05) is 0 Å². The van der Waals surface area contributed by atoms with Gasteiger partial charge in [0.1, 0.15) is 21.3 Å². The fourth-order valence-electron chi connectivity index (χ4n) is 3.19. The zero-order chi connectivity index (χ0) is 19.8. The zero-order valence-electron chi connectivity index (χ0n) is 14.8. The second-order valence-electron chi connectivity index (χ2n) is 6.36. The minimum Gasteiger partial charge on any atom is -0.477 e. The smallest absolute Gasteiger partial charge is 0.346 e. The number of carboxylic acid groups (broad SMARTS) is 1. The van der Waals surface area contributed by atoms with Crippen LogP contribution >= 0.6 is 11.3 Å². The molecule has 28 heavy (non-hydrogen) atoms. The average molecular weight is 394 g/mol. The molecule has 0 aliphatic carbocycles. The number of carbonyl (C=O) groups is 1. The van der Waals surface area contributed by atoms with Gasteiger partial charge in [-0.15, -0.1) is 11.3 Å². The summed E-state index contributed by atoms with van der Waals surface area (Å²) in [6.07, 6.45) is 0. The van der Waals surface area contributed by atoms with Gasteiger partial charge in [0.05, 0.1) is 11.9 Å². The molecule has 4 rings (SSSR count). The summed E-state index contributed by atoms with van der Waals surface area (Å²) in [5.74, 6) is -1.06. The highest BCUT2D eigenvalue weighted by molar-refractivity contribution is 7.20. The van der Waals surface area contributed by atoms with Crippen molar-refractivity contribution in [1.29, 1.82) is 0 Å². The summed E-state index contributed by atoms with van der Waals surface area (Å²) < 4.78 is 15.1. The molecule has 0 amide bonds. The molecular weight excluding hydrogens is 379 g/mol. The summed E-state index contributed by atoms with van der Waals surface area (Å²) in [5, 5.41) is 9.70. The van der Waals surface area contributed by atoms with E-state index in [1.54, 1.807) is 19.1 Å². The lowest BCUT2D eigenvalue weighted by Gasteiger charge is -2.13. The number of aryl methyl sites for hydroxylation is 1. The van der Waals surface area contributed by atoms with Crippen LogP contribution in [0.2, 0.25) is 0 Å². The van der Waals surface area contributed by atoms with Gasteiger partial charge in [-0.05, 0) is 30.2 Å². The highest BCUT2D eigenvalue weighted by Gasteiger charge is 2.21. The maximum atomic E-state index is 13.6. The number of aromatic carboxylic acids is 1. The van der Waals surface area contributed by atoms with E-state index in [4.69, 9.17) is 0 Å². The van der Waals surface area contributed by atoms with Gasteiger partial charge in [-0.25, -0.2) is 14.2 Å². The Morgan fingerprint density at radius 2 is 1.93 bits per heavy atom. The molecule has 0 bridgehead atoms. The Kier molecular flexibility index (Phi) is 4.52. The van der Waals surface area contributed by atoms with Gasteiger partial charge < -0.3 is 5.11 Å². The standard InChI is InChI=1S/C21H15FN2O3S/c1-12-16-19(28-17(12)21(26)27)23-18(14-7-3-2-4-8-14)24(20(16)25)11-13-6-5-9-15(22)10-13/h2-10H,11H2,1H3,(H,26,27). The maximum absolute atomic E-state index is 13.6. The lowest BCUT2D eigenvalue weighted by atomic mass is 10.1. The predicted octanol–water partition coefficient (Wildman–Crippen LogP) is 4.32. The molecule has 140 valence electrons. The van der Waals surface area contributed by atoms with E-state index in [0.717, 1.165) is 16.9 Å². The minimum absolute atomic E-state index is 0.0992. The summed E-state index contributed by atoms with van der Waals surface area (Å²) in [6, 6.07) is 15.2. The van der Waals surface area contributed by atoms with Crippen LogP contribution in [0, 0.1) is 12.7 Å². The number of halogens is 1. The van der Waals surface area contributed by atoms with Crippen molar-refractivity contribution in [1.82, 2.24) is 9.55 Å². The summed E-state index contributed by atoms with van der Waals surface area (Å²) in [5.41, 5.74) is 1.40. The third kappa shape index (κ3) is 3.10. The molecule has 0 saturated heterocycles. The number of thiophene rings is 1. The number of hydrogen-bond donors (Lipinski definition) is 1. The Balaban J connectivity index is 2.02. The molecule has 0 radical (unpaired) electrons. The second kappa shape index (κ2) is 7.01. The fourth-order valence-corrected chi connectivity index (χ4v) is 4.20. The lowest BCUT2D eigenvalue weighted by molar-refractivity contribution is 0.0701. The summed E-state index contributed by atoms with van der Waals surface area (Å²) >= 11 is 0.988. The Bertz CT molecular complexity index is 1260. The second-order valence-corrected chi connectivity index (χ2v) is 7.36. The molecule has 0 unspecified atom stereocenters. The maximum Gasteiger partial charge on any atom is 0.346 e. The summed E-state index contributed by atoms with van der Waals surface area (Å²) in [4.78, 5) is 29.9. The van der Waals surface area contributed by atoms with E-state index in [-0.39, 0.29) is 22.8 Å². The van der Waals surface area contributed by atoms with Crippen LogP contribution in [-0.2, 0) is 6.54 Å². The van der Waals surface area contributed by atoms with Gasteiger partial charge in [0.2, 0.25) is 0 Å². The molecule has 2 aromatic carbocycles. The van der Waals surface area contributed by atoms with Crippen molar-refractivity contribution >= 4 is 27.5 Å². The molecule has 0 aliphatic heterocycles. The van der Waals surface area contributed by atoms with Gasteiger partial charge in [-0.2, -0.15) is 0 Å². The van der Waals surface area contributed by atoms with E-state index in [1.165, 1.54) is 16.7 Å². The molecule has 2 heterocycles. The largest absolute Gasteiger partial charge is 0.477 e. The molecule has 0 spiro atoms. The van der Waals surface area contributed by atoms with Crippen molar-refractivity contribution < 1.29 is 14.3 Å². The lowest BCUT2D eigenvalue weighted by Crippen LogP contribution is -2.24. The number of benzene rings is 2. The highest BCUT2D eigenvalue weighted by Crippen LogP contribution is 2.29. The predicted molar refractivity (Wildman–Crippen MR) is 107 cm³/mol. The van der Waals surface area contributed by atoms with Gasteiger partial charge >= 0.3 is 5.97 Å². The summed E-state index contributed by atoms with van der Waals surface area (Å²) in [6.45, 7) is 1.74. The van der Waals surface area contributed by atoms with Crippen LogP contribution < -0.4 is 5.56 Å². The molecular formula is C21H15FN2O3S. The molecule has 5 nitrogen and oxygen atoms in total. The number of rotatable bonds is 4. The number of carboxylic acids is 1.